The van der Waals surface area contributed by atoms with Crippen LogP contribution in [0.5, 0.6) is 0 Å². The Morgan fingerprint density at radius 1 is 1.11 bits per heavy atom. The molecule has 12 heteroatoms. The summed E-state index contributed by atoms with van der Waals surface area (Å²) in [5.74, 6) is -2.08. The Morgan fingerprint density at radius 2 is 1.78 bits per heavy atom. The SMILES string of the molecule is CN1C(=O)C(C)(C)c2ccc(-n3cc(C(=O)[O-])c(=O)n(Cc4cccc(C(F)(F)F)c4Cl)c3=O)cc21. The predicted octanol–water partition coefficient (Wildman–Crippen LogP) is 2.34. The highest BCUT2D eigenvalue weighted by atomic mass is 35.5. The molecule has 1 aliphatic heterocycles. The van der Waals surface area contributed by atoms with Crippen molar-refractivity contribution >= 4 is 29.2 Å². The standard InChI is InChI=1S/C24H19ClF3N3O5/c1-23(2)15-8-7-13(9-17(15)29(3)21(23)35)30-11-14(20(33)34)19(32)31(22(30)36)10-12-5-4-6-16(18(12)25)24(26,27)28/h4-9,11H,10H2,1-3H3,(H,33,34)/p-1. The Labute approximate surface area is 206 Å². The van der Waals surface area contributed by atoms with Crippen LogP contribution in [-0.2, 0) is 22.9 Å². The molecule has 0 saturated heterocycles. The second-order valence-corrected chi connectivity index (χ2v) is 9.22. The molecule has 0 unspecified atom stereocenters. The lowest BCUT2D eigenvalue weighted by Gasteiger charge is -2.17. The summed E-state index contributed by atoms with van der Waals surface area (Å²) in [6.45, 7) is 2.74. The lowest BCUT2D eigenvalue weighted by atomic mass is 9.86. The summed E-state index contributed by atoms with van der Waals surface area (Å²) in [4.78, 5) is 51.8. The highest BCUT2D eigenvalue weighted by Crippen LogP contribution is 2.41. The van der Waals surface area contributed by atoms with E-state index in [-0.39, 0.29) is 17.2 Å². The fourth-order valence-corrected chi connectivity index (χ4v) is 4.57. The molecule has 0 spiro atoms. The number of carbonyl (C=O) groups is 2. The third-order valence-electron chi connectivity index (χ3n) is 6.24. The number of fused-ring (bicyclic) bond motifs is 1. The van der Waals surface area contributed by atoms with E-state index in [1.807, 2.05) is 0 Å². The van der Waals surface area contributed by atoms with Crippen molar-refractivity contribution < 1.29 is 27.9 Å². The van der Waals surface area contributed by atoms with Crippen LogP contribution in [0.4, 0.5) is 18.9 Å². The number of hydrogen-bond donors (Lipinski definition) is 0. The molecule has 0 bridgehead atoms. The first-order valence-corrected chi connectivity index (χ1v) is 10.9. The van der Waals surface area contributed by atoms with Gasteiger partial charge in [-0.15, -0.1) is 0 Å². The van der Waals surface area contributed by atoms with Gasteiger partial charge in [0, 0.05) is 18.9 Å². The number of hydrogen-bond acceptors (Lipinski definition) is 5. The molecule has 0 radical (unpaired) electrons. The van der Waals surface area contributed by atoms with E-state index in [9.17, 15) is 37.5 Å². The van der Waals surface area contributed by atoms with Crippen LogP contribution >= 0.6 is 11.6 Å². The summed E-state index contributed by atoms with van der Waals surface area (Å²) in [7, 11) is 1.55. The average Bonchev–Trinajstić information content (AvgIpc) is 2.96. The van der Waals surface area contributed by atoms with Gasteiger partial charge in [-0.1, -0.05) is 29.8 Å². The van der Waals surface area contributed by atoms with Gasteiger partial charge in [0.05, 0.1) is 39.8 Å². The molecule has 1 aromatic heterocycles. The topological polar surface area (TPSA) is 104 Å². The number of halogens is 4. The summed E-state index contributed by atoms with van der Waals surface area (Å²) in [6.07, 6.45) is -4.00. The van der Waals surface area contributed by atoms with E-state index in [4.69, 9.17) is 11.6 Å². The molecule has 2 heterocycles. The molecule has 0 saturated carbocycles. The van der Waals surface area contributed by atoms with Crippen LogP contribution in [0, 0.1) is 0 Å². The zero-order valence-electron chi connectivity index (χ0n) is 19.1. The smallest absolute Gasteiger partial charge is 0.417 e. The average molecular weight is 521 g/mol. The molecule has 0 atom stereocenters. The molecule has 0 N–H and O–H groups in total. The van der Waals surface area contributed by atoms with Gasteiger partial charge in [-0.05, 0) is 43.2 Å². The van der Waals surface area contributed by atoms with Gasteiger partial charge < -0.3 is 14.8 Å². The summed E-state index contributed by atoms with van der Waals surface area (Å²) in [5.41, 5.74) is -4.11. The van der Waals surface area contributed by atoms with Crippen molar-refractivity contribution in [2.45, 2.75) is 32.0 Å². The van der Waals surface area contributed by atoms with Crippen molar-refractivity contribution in [3.63, 3.8) is 0 Å². The van der Waals surface area contributed by atoms with Crippen LogP contribution in [0.25, 0.3) is 5.69 Å². The molecular weight excluding hydrogens is 503 g/mol. The monoisotopic (exact) mass is 520 g/mol. The highest BCUT2D eigenvalue weighted by Gasteiger charge is 2.42. The van der Waals surface area contributed by atoms with Crippen LogP contribution < -0.4 is 21.3 Å². The van der Waals surface area contributed by atoms with Gasteiger partial charge in [-0.25, -0.2) is 4.79 Å². The van der Waals surface area contributed by atoms with E-state index in [2.05, 4.69) is 0 Å². The van der Waals surface area contributed by atoms with E-state index in [1.165, 1.54) is 23.1 Å². The lowest BCUT2D eigenvalue weighted by molar-refractivity contribution is -0.255. The van der Waals surface area contributed by atoms with Gasteiger partial charge in [0.2, 0.25) is 5.91 Å². The number of amides is 1. The third kappa shape index (κ3) is 3.89. The van der Waals surface area contributed by atoms with Crippen molar-refractivity contribution in [2.75, 3.05) is 11.9 Å². The third-order valence-corrected chi connectivity index (χ3v) is 6.68. The van der Waals surface area contributed by atoms with Gasteiger partial charge in [0.1, 0.15) is 0 Å². The predicted molar refractivity (Wildman–Crippen MR) is 123 cm³/mol. The largest absolute Gasteiger partial charge is 0.545 e. The molecule has 1 amide bonds. The summed E-state index contributed by atoms with van der Waals surface area (Å²) in [6, 6.07) is 7.56. The maximum Gasteiger partial charge on any atom is 0.417 e. The zero-order chi connectivity index (χ0) is 26.7. The fraction of sp³-hybridized carbons (Fsp3) is 0.250. The number of likely N-dealkylation sites (N-methyl/N-ethyl adjacent to an activating group) is 1. The van der Waals surface area contributed by atoms with Gasteiger partial charge in [-0.2, -0.15) is 13.2 Å². The Kier molecular flexibility index (Phi) is 5.87. The Morgan fingerprint density at radius 3 is 2.39 bits per heavy atom. The second-order valence-electron chi connectivity index (χ2n) is 8.84. The van der Waals surface area contributed by atoms with Crippen LogP contribution in [0.1, 0.15) is 40.9 Å². The maximum absolute atomic E-state index is 13.3. The summed E-state index contributed by atoms with van der Waals surface area (Å²) < 4.78 is 41.1. The van der Waals surface area contributed by atoms with Crippen LogP contribution in [0.3, 0.4) is 0 Å². The van der Waals surface area contributed by atoms with E-state index in [0.717, 1.165) is 22.9 Å². The number of carboxylic acids is 1. The minimum atomic E-state index is -4.78. The van der Waals surface area contributed by atoms with Crippen molar-refractivity contribution in [3.05, 3.63) is 90.7 Å². The molecule has 8 nitrogen and oxygen atoms in total. The quantitative estimate of drug-likeness (QED) is 0.525. The lowest BCUT2D eigenvalue weighted by Crippen LogP contribution is -2.44. The molecular formula is C24H18ClF3N3O5-. The number of carboxylic acid groups (broad SMARTS) is 1. The van der Waals surface area contributed by atoms with Crippen LogP contribution in [0.15, 0.2) is 52.2 Å². The van der Waals surface area contributed by atoms with Crippen molar-refractivity contribution in [1.29, 1.82) is 0 Å². The molecule has 0 aliphatic carbocycles. The normalized spacial score (nSPS) is 14.8. The van der Waals surface area contributed by atoms with E-state index < -0.39 is 51.5 Å². The maximum atomic E-state index is 13.3. The van der Waals surface area contributed by atoms with Gasteiger partial charge >= 0.3 is 11.9 Å². The Balaban J connectivity index is 1.92. The molecule has 3 aromatic rings. The molecule has 0 fully saturated rings. The minimum Gasteiger partial charge on any atom is -0.545 e. The number of aromatic nitrogens is 2. The van der Waals surface area contributed by atoms with Gasteiger partial charge in [0.15, 0.2) is 0 Å². The minimum absolute atomic E-state index is 0.127. The van der Waals surface area contributed by atoms with Crippen molar-refractivity contribution in [3.8, 4) is 5.69 Å². The Hall–Kier alpha value is -3.86. The van der Waals surface area contributed by atoms with Crippen LogP contribution in [0.2, 0.25) is 5.02 Å². The number of alkyl halides is 3. The first-order valence-electron chi connectivity index (χ1n) is 10.5. The van der Waals surface area contributed by atoms with E-state index in [0.29, 0.717) is 15.8 Å². The number of anilines is 1. The number of carbonyl (C=O) groups excluding carboxylic acids is 2. The number of nitrogens with zero attached hydrogens (tertiary/aromatic N) is 3. The summed E-state index contributed by atoms with van der Waals surface area (Å²) >= 11 is 5.92. The second kappa shape index (κ2) is 8.37. The molecule has 36 heavy (non-hydrogen) atoms. The van der Waals surface area contributed by atoms with Gasteiger partial charge in [-0.3, -0.25) is 18.7 Å². The molecule has 4 rings (SSSR count). The first-order chi connectivity index (χ1) is 16.7. The number of aromatic carboxylic acids is 1. The molecule has 1 aliphatic rings. The number of benzene rings is 2. The van der Waals surface area contributed by atoms with Gasteiger partial charge in [0.25, 0.3) is 5.56 Å². The van der Waals surface area contributed by atoms with Crippen molar-refractivity contribution in [2.24, 2.45) is 0 Å². The number of rotatable bonds is 4. The zero-order valence-corrected chi connectivity index (χ0v) is 19.9. The molecule has 188 valence electrons. The molecule has 2 aromatic carbocycles. The highest BCUT2D eigenvalue weighted by molar-refractivity contribution is 6.32. The first kappa shape index (κ1) is 25.2. The fourth-order valence-electron chi connectivity index (χ4n) is 4.28. The van der Waals surface area contributed by atoms with Crippen molar-refractivity contribution in [1.82, 2.24) is 9.13 Å². The summed E-state index contributed by atoms with van der Waals surface area (Å²) in [5, 5.41) is 11.0. The van der Waals surface area contributed by atoms with Crippen LogP contribution in [-0.4, -0.2) is 28.1 Å². The van der Waals surface area contributed by atoms with E-state index >= 15 is 0 Å². The Bertz CT molecular complexity index is 1560. The van der Waals surface area contributed by atoms with E-state index in [1.54, 1.807) is 27.0 Å².